The summed E-state index contributed by atoms with van der Waals surface area (Å²) in [6, 6.07) is 3.88. The van der Waals surface area contributed by atoms with Crippen LogP contribution >= 0.6 is 0 Å². The molecule has 1 saturated heterocycles. The quantitative estimate of drug-likeness (QED) is 0.642. The molecule has 0 radical (unpaired) electrons. The molecule has 4 rings (SSSR count). The molecule has 1 aromatic rings. The first-order valence-corrected chi connectivity index (χ1v) is 8.54. The van der Waals surface area contributed by atoms with Crippen molar-refractivity contribution < 1.29 is 32.6 Å². The molecule has 2 heterocycles. The lowest BCUT2D eigenvalue weighted by atomic mass is 9.85. The Morgan fingerprint density at radius 2 is 1.74 bits per heavy atom. The molecule has 9 heteroatoms. The Morgan fingerprint density at radius 3 is 2.41 bits per heavy atom. The Labute approximate surface area is 152 Å². The van der Waals surface area contributed by atoms with E-state index in [1.54, 1.807) is 0 Å². The number of carbonyl (C=O) groups is 3. The molecule has 7 nitrogen and oxygen atoms in total. The van der Waals surface area contributed by atoms with Gasteiger partial charge in [0.1, 0.15) is 0 Å². The summed E-state index contributed by atoms with van der Waals surface area (Å²) in [5.41, 5.74) is 0.247. The van der Waals surface area contributed by atoms with Gasteiger partial charge in [0.05, 0.1) is 11.8 Å². The van der Waals surface area contributed by atoms with Crippen LogP contribution in [-0.4, -0.2) is 35.5 Å². The third-order valence-electron chi connectivity index (χ3n) is 4.85. The van der Waals surface area contributed by atoms with Crippen molar-refractivity contribution in [1.82, 2.24) is 4.90 Å². The summed E-state index contributed by atoms with van der Waals surface area (Å²) in [5, 5.41) is 2.53. The molecule has 3 amide bonds. The molecule has 1 aromatic carbocycles. The maximum Gasteiger partial charge on any atom is 0.586 e. The van der Waals surface area contributed by atoms with Gasteiger partial charge in [0.25, 0.3) is 0 Å². The number of allylic oxidation sites excluding steroid dienone is 2. The monoisotopic (exact) mass is 378 g/mol. The number of nitrogens with zero attached hydrogens (tertiary/aromatic N) is 1. The van der Waals surface area contributed by atoms with Crippen LogP contribution in [0, 0.1) is 11.8 Å². The molecular formula is C18H16F2N2O5. The SMILES string of the molecule is O=C(CCN1C(=O)C2CC=CCC2C1=O)Nc1ccc2c(c1)OC(F)(F)O2. The van der Waals surface area contributed by atoms with Gasteiger partial charge < -0.3 is 14.8 Å². The number of nitrogens with one attached hydrogen (secondary N) is 1. The van der Waals surface area contributed by atoms with Gasteiger partial charge in [-0.15, -0.1) is 8.78 Å². The highest BCUT2D eigenvalue weighted by atomic mass is 19.3. The van der Waals surface area contributed by atoms with Gasteiger partial charge in [-0.25, -0.2) is 0 Å². The molecule has 0 saturated carbocycles. The molecule has 1 fully saturated rings. The van der Waals surface area contributed by atoms with E-state index in [-0.39, 0.29) is 53.8 Å². The topological polar surface area (TPSA) is 84.9 Å². The average Bonchev–Trinajstić information content (AvgIpc) is 3.06. The molecule has 1 aliphatic carbocycles. The highest BCUT2D eigenvalue weighted by Crippen LogP contribution is 2.42. The van der Waals surface area contributed by atoms with E-state index in [9.17, 15) is 23.2 Å². The van der Waals surface area contributed by atoms with E-state index in [0.29, 0.717) is 12.8 Å². The van der Waals surface area contributed by atoms with Crippen LogP contribution in [0.2, 0.25) is 0 Å². The third kappa shape index (κ3) is 3.24. The minimum Gasteiger partial charge on any atom is -0.395 e. The van der Waals surface area contributed by atoms with Crippen LogP contribution in [-0.2, 0) is 14.4 Å². The fraction of sp³-hybridized carbons (Fsp3) is 0.389. The van der Waals surface area contributed by atoms with E-state index in [1.165, 1.54) is 18.2 Å². The first-order chi connectivity index (χ1) is 12.8. The van der Waals surface area contributed by atoms with Crippen molar-refractivity contribution in [2.24, 2.45) is 11.8 Å². The number of likely N-dealkylation sites (tertiary alicyclic amines) is 1. The number of fused-ring (bicyclic) bond motifs is 2. The van der Waals surface area contributed by atoms with Crippen molar-refractivity contribution >= 4 is 23.4 Å². The number of ether oxygens (including phenoxy) is 2. The number of carbonyl (C=O) groups excluding carboxylic acids is 3. The van der Waals surface area contributed by atoms with Crippen LogP contribution < -0.4 is 14.8 Å². The number of rotatable bonds is 4. The first kappa shape index (κ1) is 17.4. The number of halogens is 2. The average molecular weight is 378 g/mol. The summed E-state index contributed by atoms with van der Waals surface area (Å²) in [7, 11) is 0. The molecule has 0 spiro atoms. The minimum atomic E-state index is -3.73. The van der Waals surface area contributed by atoms with Crippen molar-refractivity contribution in [2.45, 2.75) is 25.6 Å². The Bertz CT molecular complexity index is 828. The fourth-order valence-electron chi connectivity index (χ4n) is 3.55. The van der Waals surface area contributed by atoms with Gasteiger partial charge in [0.2, 0.25) is 17.7 Å². The van der Waals surface area contributed by atoms with Crippen LogP contribution in [0.3, 0.4) is 0 Å². The Morgan fingerprint density at radius 1 is 1.11 bits per heavy atom. The Kier molecular flexibility index (Phi) is 4.09. The van der Waals surface area contributed by atoms with E-state index in [2.05, 4.69) is 14.8 Å². The van der Waals surface area contributed by atoms with Crippen molar-refractivity contribution in [2.75, 3.05) is 11.9 Å². The normalized spacial score (nSPS) is 24.9. The van der Waals surface area contributed by atoms with E-state index in [0.717, 1.165) is 4.90 Å². The van der Waals surface area contributed by atoms with Gasteiger partial charge in [-0.05, 0) is 25.0 Å². The van der Waals surface area contributed by atoms with Gasteiger partial charge >= 0.3 is 6.29 Å². The second-order valence-electron chi connectivity index (χ2n) is 6.61. The second-order valence-corrected chi connectivity index (χ2v) is 6.61. The van der Waals surface area contributed by atoms with Crippen LogP contribution in [0.25, 0.3) is 0 Å². The molecule has 0 bridgehead atoms. The molecule has 0 aromatic heterocycles. The van der Waals surface area contributed by atoms with E-state index >= 15 is 0 Å². The van der Waals surface area contributed by atoms with Crippen molar-refractivity contribution in [1.29, 1.82) is 0 Å². The van der Waals surface area contributed by atoms with Crippen molar-refractivity contribution in [3.8, 4) is 11.5 Å². The molecule has 2 atom stereocenters. The lowest BCUT2D eigenvalue weighted by Gasteiger charge is -2.14. The number of hydrogen-bond donors (Lipinski definition) is 1. The zero-order chi connectivity index (χ0) is 19.2. The van der Waals surface area contributed by atoms with Gasteiger partial charge in [-0.1, -0.05) is 12.2 Å². The summed E-state index contributed by atoms with van der Waals surface area (Å²) in [5.74, 6) is -1.90. The van der Waals surface area contributed by atoms with Gasteiger partial charge in [0.15, 0.2) is 11.5 Å². The largest absolute Gasteiger partial charge is 0.586 e. The van der Waals surface area contributed by atoms with Gasteiger partial charge in [-0.2, -0.15) is 0 Å². The zero-order valence-electron chi connectivity index (χ0n) is 14.1. The standard InChI is InChI=1S/C18H16F2N2O5/c19-18(20)26-13-6-5-10(9-14(13)27-18)21-15(23)7-8-22-16(24)11-3-1-2-4-12(11)17(22)25/h1-2,5-6,9,11-12H,3-4,7-8H2,(H,21,23). The molecule has 27 heavy (non-hydrogen) atoms. The maximum atomic E-state index is 13.0. The van der Waals surface area contributed by atoms with Crippen LogP contribution in [0.4, 0.5) is 14.5 Å². The van der Waals surface area contributed by atoms with Crippen LogP contribution in [0.5, 0.6) is 11.5 Å². The Balaban J connectivity index is 1.34. The smallest absolute Gasteiger partial charge is 0.395 e. The number of imide groups is 1. The molecule has 2 aliphatic heterocycles. The van der Waals surface area contributed by atoms with Crippen LogP contribution in [0.1, 0.15) is 19.3 Å². The summed E-state index contributed by atoms with van der Waals surface area (Å²) in [4.78, 5) is 38.0. The highest BCUT2D eigenvalue weighted by Gasteiger charge is 2.47. The van der Waals surface area contributed by atoms with Crippen LogP contribution in [0.15, 0.2) is 30.4 Å². The molecule has 142 valence electrons. The summed E-state index contributed by atoms with van der Waals surface area (Å²) in [6.07, 6.45) is 1.05. The predicted octanol–water partition coefficient (Wildman–Crippen LogP) is 2.29. The lowest BCUT2D eigenvalue weighted by molar-refractivity contribution is -0.286. The first-order valence-electron chi connectivity index (χ1n) is 8.54. The minimum absolute atomic E-state index is 0.0148. The number of benzene rings is 1. The fourth-order valence-corrected chi connectivity index (χ4v) is 3.55. The van der Waals surface area contributed by atoms with Gasteiger partial charge in [-0.3, -0.25) is 19.3 Å². The zero-order valence-corrected chi connectivity index (χ0v) is 14.1. The van der Waals surface area contributed by atoms with Gasteiger partial charge in [0, 0.05) is 24.7 Å². The molecule has 2 unspecified atom stereocenters. The van der Waals surface area contributed by atoms with Crippen molar-refractivity contribution in [3.63, 3.8) is 0 Å². The molecule has 3 aliphatic rings. The molecular weight excluding hydrogens is 362 g/mol. The van der Waals surface area contributed by atoms with E-state index in [1.807, 2.05) is 12.2 Å². The summed E-state index contributed by atoms with van der Waals surface area (Å²) in [6.45, 7) is -0.0148. The Hall–Kier alpha value is -2.97. The number of anilines is 1. The predicted molar refractivity (Wildman–Crippen MR) is 88.0 cm³/mol. The third-order valence-corrected chi connectivity index (χ3v) is 4.85. The second kappa shape index (κ2) is 6.33. The van der Waals surface area contributed by atoms with Crippen molar-refractivity contribution in [3.05, 3.63) is 30.4 Å². The lowest BCUT2D eigenvalue weighted by Crippen LogP contribution is -2.34. The number of alkyl halides is 2. The maximum absolute atomic E-state index is 13.0. The number of hydrogen-bond acceptors (Lipinski definition) is 5. The highest BCUT2D eigenvalue weighted by molar-refractivity contribution is 6.05. The van der Waals surface area contributed by atoms with E-state index < -0.39 is 12.2 Å². The summed E-state index contributed by atoms with van der Waals surface area (Å²) >= 11 is 0. The molecule has 1 N–H and O–H groups in total. The van der Waals surface area contributed by atoms with E-state index in [4.69, 9.17) is 0 Å². The number of amides is 3. The summed E-state index contributed by atoms with van der Waals surface area (Å²) < 4.78 is 34.7.